The van der Waals surface area contributed by atoms with E-state index in [1.807, 2.05) is 7.05 Å². The highest BCUT2D eigenvalue weighted by molar-refractivity contribution is 14.0. The first kappa shape index (κ1) is 22.1. The standard InChI is InChI=1S/C21H30N4S.HI/c1-16-14-25(13-11-19(16)18-8-5-4-6-9-18)21(22-3)23-12-7-10-20-24-17(2)15-26-20;/h4-6,8-9,15-16,19H,7,10-14H2,1-3H3,(H,22,23);1H. The first-order valence-electron chi connectivity index (χ1n) is 9.59. The molecule has 2 heterocycles. The van der Waals surface area contributed by atoms with E-state index < -0.39 is 0 Å². The van der Waals surface area contributed by atoms with Crippen LogP contribution in [-0.2, 0) is 6.42 Å². The SMILES string of the molecule is CN=C(NCCCc1nc(C)cs1)N1CCC(c2ccccc2)C(C)C1.I. The highest BCUT2D eigenvalue weighted by Gasteiger charge is 2.28. The highest BCUT2D eigenvalue weighted by atomic mass is 127. The average Bonchev–Trinajstić information content (AvgIpc) is 3.07. The zero-order valence-electron chi connectivity index (χ0n) is 16.5. The summed E-state index contributed by atoms with van der Waals surface area (Å²) in [7, 11) is 1.89. The minimum atomic E-state index is 0. The molecule has 1 aromatic carbocycles. The Kier molecular flexibility index (Phi) is 9.02. The Bertz CT molecular complexity index is 716. The van der Waals surface area contributed by atoms with Gasteiger partial charge in [0, 0.05) is 44.2 Å². The highest BCUT2D eigenvalue weighted by Crippen LogP contribution is 2.32. The van der Waals surface area contributed by atoms with Crippen LogP contribution in [0.15, 0.2) is 40.7 Å². The third kappa shape index (κ3) is 6.17. The van der Waals surface area contributed by atoms with Gasteiger partial charge in [-0.3, -0.25) is 4.99 Å². The lowest BCUT2D eigenvalue weighted by atomic mass is 9.82. The van der Waals surface area contributed by atoms with Crippen LogP contribution < -0.4 is 5.32 Å². The van der Waals surface area contributed by atoms with E-state index in [0.717, 1.165) is 44.1 Å². The number of halogens is 1. The Balaban J connectivity index is 0.00000261. The zero-order chi connectivity index (χ0) is 18.4. The molecule has 2 atom stereocenters. The molecule has 148 valence electrons. The predicted molar refractivity (Wildman–Crippen MR) is 126 cm³/mol. The summed E-state index contributed by atoms with van der Waals surface area (Å²) in [5.74, 6) is 2.32. The third-order valence-electron chi connectivity index (χ3n) is 5.16. The monoisotopic (exact) mass is 498 g/mol. The van der Waals surface area contributed by atoms with Crippen molar-refractivity contribution < 1.29 is 0 Å². The van der Waals surface area contributed by atoms with Crippen molar-refractivity contribution >= 4 is 41.3 Å². The number of aliphatic imine (C=N–C) groups is 1. The Morgan fingerprint density at radius 2 is 2.11 bits per heavy atom. The van der Waals surface area contributed by atoms with Crippen molar-refractivity contribution in [2.24, 2.45) is 10.9 Å². The number of benzene rings is 1. The summed E-state index contributed by atoms with van der Waals surface area (Å²) >= 11 is 1.76. The fourth-order valence-corrected chi connectivity index (χ4v) is 4.64. The molecule has 1 fully saturated rings. The smallest absolute Gasteiger partial charge is 0.193 e. The van der Waals surface area contributed by atoms with Crippen LogP contribution in [0.3, 0.4) is 0 Å². The molecule has 1 aromatic heterocycles. The molecule has 0 amide bonds. The van der Waals surface area contributed by atoms with E-state index in [-0.39, 0.29) is 24.0 Å². The summed E-state index contributed by atoms with van der Waals surface area (Å²) in [6, 6.07) is 10.9. The molecule has 6 heteroatoms. The number of piperidine rings is 1. The first-order valence-corrected chi connectivity index (χ1v) is 10.5. The lowest BCUT2D eigenvalue weighted by molar-refractivity contribution is 0.234. The van der Waals surface area contributed by atoms with Crippen LogP contribution in [0.4, 0.5) is 0 Å². The van der Waals surface area contributed by atoms with E-state index in [2.05, 4.69) is 69.8 Å². The van der Waals surface area contributed by atoms with Crippen LogP contribution in [0, 0.1) is 12.8 Å². The lowest BCUT2D eigenvalue weighted by Gasteiger charge is -2.39. The number of likely N-dealkylation sites (tertiary alicyclic amines) is 1. The average molecular weight is 498 g/mol. The Labute approximate surface area is 184 Å². The Morgan fingerprint density at radius 3 is 2.74 bits per heavy atom. The van der Waals surface area contributed by atoms with Crippen LogP contribution in [0.1, 0.15) is 41.9 Å². The molecule has 4 nitrogen and oxygen atoms in total. The molecular formula is C21H31IN4S. The fourth-order valence-electron chi connectivity index (χ4n) is 3.82. The molecule has 1 saturated heterocycles. The molecule has 1 aliphatic heterocycles. The fraction of sp³-hybridized carbons (Fsp3) is 0.524. The Hall–Kier alpha value is -1.15. The van der Waals surface area contributed by atoms with Gasteiger partial charge in [-0.1, -0.05) is 37.3 Å². The van der Waals surface area contributed by atoms with Crippen LogP contribution in [0.5, 0.6) is 0 Å². The van der Waals surface area contributed by atoms with Crippen LogP contribution in [0.2, 0.25) is 0 Å². The molecule has 0 aliphatic carbocycles. The zero-order valence-corrected chi connectivity index (χ0v) is 19.7. The summed E-state index contributed by atoms with van der Waals surface area (Å²) < 4.78 is 0. The number of hydrogen-bond acceptors (Lipinski definition) is 3. The molecular weight excluding hydrogens is 467 g/mol. The van der Waals surface area contributed by atoms with Crippen molar-refractivity contribution in [3.63, 3.8) is 0 Å². The number of hydrogen-bond donors (Lipinski definition) is 1. The van der Waals surface area contributed by atoms with Gasteiger partial charge in [-0.15, -0.1) is 35.3 Å². The van der Waals surface area contributed by atoms with E-state index in [1.54, 1.807) is 11.3 Å². The van der Waals surface area contributed by atoms with Gasteiger partial charge in [0.15, 0.2) is 5.96 Å². The molecule has 0 bridgehead atoms. The van der Waals surface area contributed by atoms with E-state index in [4.69, 9.17) is 0 Å². The number of nitrogens with one attached hydrogen (secondary N) is 1. The number of thiazole rings is 1. The summed E-state index contributed by atoms with van der Waals surface area (Å²) in [4.78, 5) is 11.5. The van der Waals surface area contributed by atoms with Crippen molar-refractivity contribution in [1.29, 1.82) is 0 Å². The predicted octanol–water partition coefficient (Wildman–Crippen LogP) is 4.70. The molecule has 3 rings (SSSR count). The largest absolute Gasteiger partial charge is 0.356 e. The number of nitrogens with zero attached hydrogens (tertiary/aromatic N) is 3. The maximum atomic E-state index is 4.53. The van der Waals surface area contributed by atoms with Crippen LogP contribution >= 0.6 is 35.3 Å². The van der Waals surface area contributed by atoms with Gasteiger partial charge in [-0.25, -0.2) is 4.98 Å². The maximum absolute atomic E-state index is 4.53. The molecule has 1 N–H and O–H groups in total. The third-order valence-corrected chi connectivity index (χ3v) is 6.19. The minimum absolute atomic E-state index is 0. The lowest BCUT2D eigenvalue weighted by Crippen LogP contribution is -2.48. The molecule has 1 aliphatic rings. The van der Waals surface area contributed by atoms with Crippen molar-refractivity contribution in [1.82, 2.24) is 15.2 Å². The molecule has 2 unspecified atom stereocenters. The van der Waals surface area contributed by atoms with Crippen LogP contribution in [0.25, 0.3) is 0 Å². The number of rotatable bonds is 5. The van der Waals surface area contributed by atoms with Crippen molar-refractivity contribution in [2.75, 3.05) is 26.7 Å². The van der Waals surface area contributed by atoms with Gasteiger partial charge in [-0.05, 0) is 37.2 Å². The molecule has 27 heavy (non-hydrogen) atoms. The quantitative estimate of drug-likeness (QED) is 0.281. The van der Waals surface area contributed by atoms with Crippen molar-refractivity contribution in [2.45, 2.75) is 39.0 Å². The molecule has 2 aromatic rings. The summed E-state index contributed by atoms with van der Waals surface area (Å²) in [5, 5.41) is 6.90. The number of aromatic nitrogens is 1. The van der Waals surface area contributed by atoms with Gasteiger partial charge in [0.2, 0.25) is 0 Å². The number of aryl methyl sites for hydroxylation is 2. The summed E-state index contributed by atoms with van der Waals surface area (Å²) in [6.07, 6.45) is 3.31. The molecule has 0 spiro atoms. The summed E-state index contributed by atoms with van der Waals surface area (Å²) in [5.41, 5.74) is 2.60. The second kappa shape index (κ2) is 11.0. The van der Waals surface area contributed by atoms with Gasteiger partial charge >= 0.3 is 0 Å². The van der Waals surface area contributed by atoms with E-state index >= 15 is 0 Å². The summed E-state index contributed by atoms with van der Waals surface area (Å²) in [6.45, 7) is 7.49. The second-order valence-electron chi connectivity index (χ2n) is 7.19. The van der Waals surface area contributed by atoms with E-state index in [1.165, 1.54) is 17.0 Å². The topological polar surface area (TPSA) is 40.5 Å². The minimum Gasteiger partial charge on any atom is -0.356 e. The van der Waals surface area contributed by atoms with Crippen LogP contribution in [-0.4, -0.2) is 42.5 Å². The van der Waals surface area contributed by atoms with Gasteiger partial charge < -0.3 is 10.2 Å². The van der Waals surface area contributed by atoms with Crippen molar-refractivity contribution in [3.8, 4) is 0 Å². The first-order chi connectivity index (χ1) is 12.7. The normalized spacial score (nSPS) is 20.3. The van der Waals surface area contributed by atoms with Crippen molar-refractivity contribution in [3.05, 3.63) is 52.0 Å². The van der Waals surface area contributed by atoms with Gasteiger partial charge in [-0.2, -0.15) is 0 Å². The van der Waals surface area contributed by atoms with Gasteiger partial charge in [0.05, 0.1) is 5.01 Å². The van der Waals surface area contributed by atoms with Gasteiger partial charge in [0.25, 0.3) is 0 Å². The second-order valence-corrected chi connectivity index (χ2v) is 8.13. The number of guanidine groups is 1. The van der Waals surface area contributed by atoms with E-state index in [9.17, 15) is 0 Å². The molecule has 0 radical (unpaired) electrons. The van der Waals surface area contributed by atoms with E-state index in [0.29, 0.717) is 11.8 Å². The maximum Gasteiger partial charge on any atom is 0.193 e. The Morgan fingerprint density at radius 1 is 1.33 bits per heavy atom. The van der Waals surface area contributed by atoms with Gasteiger partial charge in [0.1, 0.15) is 0 Å². The molecule has 0 saturated carbocycles.